The van der Waals surface area contributed by atoms with Gasteiger partial charge in [0.15, 0.2) is 0 Å². The van der Waals surface area contributed by atoms with Gasteiger partial charge >= 0.3 is 6.09 Å². The molecule has 0 aliphatic carbocycles. The molecule has 1 aromatic heterocycles. The molecule has 1 aliphatic rings. The summed E-state index contributed by atoms with van der Waals surface area (Å²) in [7, 11) is 2.08. The smallest absolute Gasteiger partial charge is 0.410 e. The van der Waals surface area contributed by atoms with Crippen LogP contribution in [0, 0.1) is 5.92 Å². The van der Waals surface area contributed by atoms with Crippen LogP contribution < -0.4 is 0 Å². The molecule has 23 heavy (non-hydrogen) atoms. The minimum atomic E-state index is -0.438. The summed E-state index contributed by atoms with van der Waals surface area (Å²) < 4.78 is 5.48. The molecule has 1 atom stereocenters. The van der Waals surface area contributed by atoms with Gasteiger partial charge in [0.25, 0.3) is 0 Å². The van der Waals surface area contributed by atoms with Gasteiger partial charge in [-0.25, -0.2) is 4.79 Å². The van der Waals surface area contributed by atoms with Crippen LogP contribution in [0.5, 0.6) is 0 Å². The molecular formula is C17H28N4O2. The van der Waals surface area contributed by atoms with Gasteiger partial charge in [-0.05, 0) is 46.6 Å². The Bertz CT molecular complexity index is 501. The molecule has 0 saturated carbocycles. The topological polar surface area (TPSA) is 58.6 Å². The lowest BCUT2D eigenvalue weighted by Gasteiger charge is -2.35. The van der Waals surface area contributed by atoms with Gasteiger partial charge in [0.05, 0.1) is 5.69 Å². The highest BCUT2D eigenvalue weighted by atomic mass is 16.6. The number of rotatable bonds is 4. The molecule has 128 valence electrons. The van der Waals surface area contributed by atoms with Crippen molar-refractivity contribution >= 4 is 6.09 Å². The van der Waals surface area contributed by atoms with Crippen LogP contribution in [0.4, 0.5) is 4.79 Å². The molecule has 1 fully saturated rings. The van der Waals surface area contributed by atoms with Crippen LogP contribution in [0.3, 0.4) is 0 Å². The minimum absolute atomic E-state index is 0.196. The Morgan fingerprint density at radius 2 is 2.22 bits per heavy atom. The van der Waals surface area contributed by atoms with Gasteiger partial charge in [-0.1, -0.05) is 0 Å². The summed E-state index contributed by atoms with van der Waals surface area (Å²) in [6, 6.07) is 0. The maximum Gasteiger partial charge on any atom is 0.410 e. The second-order valence-corrected chi connectivity index (χ2v) is 7.33. The van der Waals surface area contributed by atoms with Gasteiger partial charge in [0, 0.05) is 44.8 Å². The lowest BCUT2D eigenvalue weighted by molar-refractivity contribution is 0.0147. The number of amides is 1. The van der Waals surface area contributed by atoms with Crippen LogP contribution in [-0.4, -0.2) is 58.1 Å². The van der Waals surface area contributed by atoms with E-state index < -0.39 is 5.60 Å². The van der Waals surface area contributed by atoms with E-state index in [1.54, 1.807) is 18.6 Å². The van der Waals surface area contributed by atoms with Gasteiger partial charge in [0.2, 0.25) is 0 Å². The number of likely N-dealkylation sites (tertiary alicyclic amines) is 1. The quantitative estimate of drug-likeness (QED) is 0.853. The predicted octanol–water partition coefficient (Wildman–Crippen LogP) is 2.56. The van der Waals surface area contributed by atoms with E-state index in [9.17, 15) is 4.79 Å². The summed E-state index contributed by atoms with van der Waals surface area (Å²) in [5, 5.41) is 0. The molecule has 0 spiro atoms. The fraction of sp³-hybridized carbons (Fsp3) is 0.706. The Balaban J connectivity index is 1.82. The zero-order valence-electron chi connectivity index (χ0n) is 14.7. The predicted molar refractivity (Wildman–Crippen MR) is 88.9 cm³/mol. The monoisotopic (exact) mass is 320 g/mol. The van der Waals surface area contributed by atoms with Crippen molar-refractivity contribution in [3.05, 3.63) is 24.3 Å². The standard InChI is InChI=1S/C17H28N4O2/c1-17(2,3)23-16(22)21-9-5-6-14(12-21)11-20(4)13-15-10-18-7-8-19-15/h7-8,10,14H,5-6,9,11-13H2,1-4H3/t14-/m0/s1. The normalized spacial score (nSPS) is 19.0. The highest BCUT2D eigenvalue weighted by Crippen LogP contribution is 2.20. The third-order valence-corrected chi connectivity index (χ3v) is 3.79. The van der Waals surface area contributed by atoms with Crippen LogP contribution >= 0.6 is 0 Å². The largest absolute Gasteiger partial charge is 0.444 e. The molecule has 6 nitrogen and oxygen atoms in total. The summed E-state index contributed by atoms with van der Waals surface area (Å²) >= 11 is 0. The highest BCUT2D eigenvalue weighted by molar-refractivity contribution is 5.68. The zero-order chi connectivity index (χ0) is 16.9. The number of nitrogens with zero attached hydrogens (tertiary/aromatic N) is 4. The molecule has 1 amide bonds. The van der Waals surface area contributed by atoms with Crippen LogP contribution in [0.2, 0.25) is 0 Å². The van der Waals surface area contributed by atoms with Crippen molar-refractivity contribution in [2.24, 2.45) is 5.92 Å². The van der Waals surface area contributed by atoms with Crippen molar-refractivity contribution in [2.75, 3.05) is 26.7 Å². The molecule has 0 unspecified atom stereocenters. The first-order chi connectivity index (χ1) is 10.8. The van der Waals surface area contributed by atoms with E-state index in [1.807, 2.05) is 25.7 Å². The minimum Gasteiger partial charge on any atom is -0.444 e. The number of carbonyl (C=O) groups excluding carboxylic acids is 1. The number of ether oxygens (including phenoxy) is 1. The van der Waals surface area contributed by atoms with E-state index in [1.165, 1.54) is 0 Å². The summed E-state index contributed by atoms with van der Waals surface area (Å²) in [5.41, 5.74) is 0.530. The summed E-state index contributed by atoms with van der Waals surface area (Å²) in [5.74, 6) is 0.470. The second kappa shape index (κ2) is 7.73. The van der Waals surface area contributed by atoms with Crippen molar-refractivity contribution in [3.63, 3.8) is 0 Å². The number of aromatic nitrogens is 2. The van der Waals surface area contributed by atoms with E-state index in [-0.39, 0.29) is 6.09 Å². The van der Waals surface area contributed by atoms with Crippen LogP contribution in [0.15, 0.2) is 18.6 Å². The molecule has 1 aromatic rings. The Hall–Kier alpha value is -1.69. The van der Waals surface area contributed by atoms with Crippen molar-refractivity contribution < 1.29 is 9.53 Å². The molecule has 0 N–H and O–H groups in total. The molecule has 1 saturated heterocycles. The number of hydrogen-bond donors (Lipinski definition) is 0. The van der Waals surface area contributed by atoms with E-state index in [4.69, 9.17) is 4.74 Å². The van der Waals surface area contributed by atoms with Gasteiger partial charge in [0.1, 0.15) is 5.60 Å². The Labute approximate surface area is 138 Å². The molecule has 6 heteroatoms. The van der Waals surface area contributed by atoms with Crippen molar-refractivity contribution in [1.82, 2.24) is 19.8 Å². The molecule has 0 radical (unpaired) electrons. The fourth-order valence-corrected chi connectivity index (χ4v) is 2.90. The fourth-order valence-electron chi connectivity index (χ4n) is 2.90. The number of piperidine rings is 1. The lowest BCUT2D eigenvalue weighted by atomic mass is 9.98. The summed E-state index contributed by atoms with van der Waals surface area (Å²) in [6.07, 6.45) is 7.17. The Morgan fingerprint density at radius 3 is 2.87 bits per heavy atom. The third kappa shape index (κ3) is 6.14. The average Bonchev–Trinajstić information content (AvgIpc) is 2.46. The average molecular weight is 320 g/mol. The lowest BCUT2D eigenvalue weighted by Crippen LogP contribution is -2.45. The van der Waals surface area contributed by atoms with Gasteiger partial charge in [-0.15, -0.1) is 0 Å². The molecule has 0 aromatic carbocycles. The Morgan fingerprint density at radius 1 is 1.43 bits per heavy atom. The van der Waals surface area contributed by atoms with Crippen LogP contribution in [0.1, 0.15) is 39.3 Å². The second-order valence-electron chi connectivity index (χ2n) is 7.33. The number of hydrogen-bond acceptors (Lipinski definition) is 5. The molecule has 2 rings (SSSR count). The first-order valence-electron chi connectivity index (χ1n) is 8.25. The molecular weight excluding hydrogens is 292 g/mol. The van der Waals surface area contributed by atoms with E-state index in [0.29, 0.717) is 5.92 Å². The summed E-state index contributed by atoms with van der Waals surface area (Å²) in [4.78, 5) is 24.7. The first-order valence-corrected chi connectivity index (χ1v) is 8.25. The first kappa shape index (κ1) is 17.7. The highest BCUT2D eigenvalue weighted by Gasteiger charge is 2.28. The van der Waals surface area contributed by atoms with Crippen LogP contribution in [0.25, 0.3) is 0 Å². The molecule has 2 heterocycles. The summed E-state index contributed by atoms with van der Waals surface area (Å²) in [6.45, 7) is 8.98. The van der Waals surface area contributed by atoms with Crippen molar-refractivity contribution in [3.8, 4) is 0 Å². The van der Waals surface area contributed by atoms with Gasteiger partial charge in [-0.3, -0.25) is 9.97 Å². The van der Waals surface area contributed by atoms with E-state index >= 15 is 0 Å². The third-order valence-electron chi connectivity index (χ3n) is 3.79. The van der Waals surface area contributed by atoms with Gasteiger partial charge in [-0.2, -0.15) is 0 Å². The van der Waals surface area contributed by atoms with E-state index in [2.05, 4.69) is 21.9 Å². The van der Waals surface area contributed by atoms with E-state index in [0.717, 1.165) is 44.7 Å². The Kier molecular flexibility index (Phi) is 5.93. The number of carbonyl (C=O) groups is 1. The van der Waals surface area contributed by atoms with Crippen molar-refractivity contribution in [1.29, 1.82) is 0 Å². The zero-order valence-corrected chi connectivity index (χ0v) is 14.7. The van der Waals surface area contributed by atoms with Gasteiger partial charge < -0.3 is 14.5 Å². The van der Waals surface area contributed by atoms with Crippen LogP contribution in [-0.2, 0) is 11.3 Å². The maximum atomic E-state index is 12.2. The molecule has 0 bridgehead atoms. The SMILES string of the molecule is CN(Cc1cnccn1)C[C@@H]1CCCN(C(=O)OC(C)(C)C)C1. The van der Waals surface area contributed by atoms with Crippen molar-refractivity contribution in [2.45, 2.75) is 45.8 Å². The molecule has 1 aliphatic heterocycles. The maximum absolute atomic E-state index is 12.2.